The number of halogens is 1. The van der Waals surface area contributed by atoms with E-state index < -0.39 is 0 Å². The summed E-state index contributed by atoms with van der Waals surface area (Å²) in [5.74, 6) is 0.323. The number of aromatic amines is 1. The number of nitrogens with one attached hydrogen (secondary N) is 1. The van der Waals surface area contributed by atoms with Gasteiger partial charge in [0.25, 0.3) is 0 Å². The lowest BCUT2D eigenvalue weighted by molar-refractivity contribution is 0.956. The van der Waals surface area contributed by atoms with E-state index >= 15 is 0 Å². The highest BCUT2D eigenvalue weighted by Crippen LogP contribution is 2.26. The minimum Gasteiger partial charge on any atom is -0.281 e. The molecule has 84 valence electrons. The molecule has 0 aliphatic heterocycles. The van der Waals surface area contributed by atoms with Crippen molar-refractivity contribution in [3.63, 3.8) is 0 Å². The lowest BCUT2D eigenvalue weighted by atomic mass is 10.1. The SMILES string of the molecule is Clc1ccc(-c2cc(C3C=CC=C3)[nH]n2)cc1. The molecule has 2 nitrogen and oxygen atoms in total. The topological polar surface area (TPSA) is 28.7 Å². The van der Waals surface area contributed by atoms with Crippen LogP contribution in [0.5, 0.6) is 0 Å². The van der Waals surface area contributed by atoms with Gasteiger partial charge in [0.1, 0.15) is 0 Å². The highest BCUT2D eigenvalue weighted by Gasteiger charge is 2.11. The molecule has 0 radical (unpaired) electrons. The lowest BCUT2D eigenvalue weighted by Gasteiger charge is -1.98. The molecule has 1 aromatic heterocycles. The Bertz CT molecular complexity index is 567. The number of hydrogen-bond acceptors (Lipinski definition) is 1. The van der Waals surface area contributed by atoms with Crippen LogP contribution >= 0.6 is 11.6 Å². The summed E-state index contributed by atoms with van der Waals surface area (Å²) >= 11 is 5.86. The van der Waals surface area contributed by atoms with Crippen molar-refractivity contribution in [2.75, 3.05) is 0 Å². The fourth-order valence-electron chi connectivity index (χ4n) is 1.92. The van der Waals surface area contributed by atoms with Gasteiger partial charge in [0.05, 0.1) is 5.69 Å². The summed E-state index contributed by atoms with van der Waals surface area (Å²) in [6, 6.07) is 9.78. The van der Waals surface area contributed by atoms with Crippen LogP contribution in [0.2, 0.25) is 5.02 Å². The van der Waals surface area contributed by atoms with E-state index in [-0.39, 0.29) is 0 Å². The molecule has 0 atom stereocenters. The Balaban J connectivity index is 1.92. The quantitative estimate of drug-likeness (QED) is 0.849. The van der Waals surface area contributed by atoms with Gasteiger partial charge in [-0.05, 0) is 18.2 Å². The van der Waals surface area contributed by atoms with Crippen molar-refractivity contribution in [3.05, 3.63) is 65.4 Å². The van der Waals surface area contributed by atoms with Gasteiger partial charge in [-0.2, -0.15) is 5.10 Å². The molecule has 1 aromatic carbocycles. The number of allylic oxidation sites excluding steroid dienone is 4. The van der Waals surface area contributed by atoms with Crippen LogP contribution in [0.15, 0.2) is 54.6 Å². The van der Waals surface area contributed by atoms with E-state index in [0.717, 1.165) is 22.0 Å². The predicted octanol–water partition coefficient (Wildman–Crippen LogP) is 3.94. The van der Waals surface area contributed by atoms with Crippen molar-refractivity contribution in [2.24, 2.45) is 0 Å². The van der Waals surface area contributed by atoms with Crippen molar-refractivity contribution < 1.29 is 0 Å². The summed E-state index contributed by atoms with van der Waals surface area (Å²) in [4.78, 5) is 0. The normalized spacial score (nSPS) is 14.6. The molecule has 1 N–H and O–H groups in total. The molecule has 0 bridgehead atoms. The summed E-state index contributed by atoms with van der Waals surface area (Å²) < 4.78 is 0. The minimum absolute atomic E-state index is 0.323. The number of benzene rings is 1. The molecule has 3 rings (SSSR count). The Morgan fingerprint density at radius 3 is 2.47 bits per heavy atom. The van der Waals surface area contributed by atoms with E-state index in [1.165, 1.54) is 0 Å². The first-order valence-electron chi connectivity index (χ1n) is 5.49. The van der Waals surface area contributed by atoms with Crippen molar-refractivity contribution >= 4 is 11.6 Å². The van der Waals surface area contributed by atoms with Gasteiger partial charge in [0.2, 0.25) is 0 Å². The summed E-state index contributed by atoms with van der Waals surface area (Å²) in [6.45, 7) is 0. The third kappa shape index (κ3) is 2.04. The van der Waals surface area contributed by atoms with Crippen LogP contribution in [0.25, 0.3) is 11.3 Å². The van der Waals surface area contributed by atoms with Crippen LogP contribution < -0.4 is 0 Å². The molecule has 0 spiro atoms. The van der Waals surface area contributed by atoms with Gasteiger partial charge in [-0.25, -0.2) is 0 Å². The Morgan fingerprint density at radius 2 is 1.76 bits per heavy atom. The van der Waals surface area contributed by atoms with Gasteiger partial charge < -0.3 is 0 Å². The maximum atomic E-state index is 5.86. The molecular formula is C14H11ClN2. The minimum atomic E-state index is 0.323. The zero-order valence-corrected chi connectivity index (χ0v) is 9.85. The van der Waals surface area contributed by atoms with E-state index in [9.17, 15) is 0 Å². The first kappa shape index (κ1) is 10.4. The van der Waals surface area contributed by atoms with Crippen molar-refractivity contribution in [1.29, 1.82) is 0 Å². The maximum absolute atomic E-state index is 5.86. The predicted molar refractivity (Wildman–Crippen MR) is 70.1 cm³/mol. The van der Waals surface area contributed by atoms with Gasteiger partial charge in [-0.1, -0.05) is 48.0 Å². The van der Waals surface area contributed by atoms with Crippen LogP contribution in [0.1, 0.15) is 11.6 Å². The van der Waals surface area contributed by atoms with Crippen LogP contribution in [-0.2, 0) is 0 Å². The second kappa shape index (κ2) is 4.22. The van der Waals surface area contributed by atoms with Crippen LogP contribution in [-0.4, -0.2) is 10.2 Å². The van der Waals surface area contributed by atoms with Gasteiger partial charge in [-0.3, -0.25) is 5.10 Å². The van der Waals surface area contributed by atoms with E-state index in [1.807, 2.05) is 36.4 Å². The van der Waals surface area contributed by atoms with Crippen molar-refractivity contribution in [3.8, 4) is 11.3 Å². The summed E-state index contributed by atoms with van der Waals surface area (Å²) in [5, 5.41) is 8.14. The van der Waals surface area contributed by atoms with Gasteiger partial charge in [0, 0.05) is 22.2 Å². The molecule has 0 saturated carbocycles. The highest BCUT2D eigenvalue weighted by atomic mass is 35.5. The van der Waals surface area contributed by atoms with Gasteiger partial charge in [-0.15, -0.1) is 0 Å². The molecule has 1 aliphatic rings. The van der Waals surface area contributed by atoms with E-state index in [0.29, 0.717) is 5.92 Å². The van der Waals surface area contributed by atoms with Crippen LogP contribution in [0.4, 0.5) is 0 Å². The molecule has 3 heteroatoms. The summed E-state index contributed by atoms with van der Waals surface area (Å²) in [7, 11) is 0. The lowest BCUT2D eigenvalue weighted by Crippen LogP contribution is -1.87. The van der Waals surface area contributed by atoms with Crippen molar-refractivity contribution in [2.45, 2.75) is 5.92 Å². The number of aromatic nitrogens is 2. The highest BCUT2D eigenvalue weighted by molar-refractivity contribution is 6.30. The molecule has 0 fully saturated rings. The average Bonchev–Trinajstić information content (AvgIpc) is 3.00. The largest absolute Gasteiger partial charge is 0.281 e. The van der Waals surface area contributed by atoms with E-state index in [1.54, 1.807) is 0 Å². The number of hydrogen-bond donors (Lipinski definition) is 1. The number of H-pyrrole nitrogens is 1. The fraction of sp³-hybridized carbons (Fsp3) is 0.0714. The van der Waals surface area contributed by atoms with Crippen LogP contribution in [0, 0.1) is 0 Å². The van der Waals surface area contributed by atoms with Crippen LogP contribution in [0.3, 0.4) is 0 Å². The Labute approximate surface area is 105 Å². The molecule has 17 heavy (non-hydrogen) atoms. The fourth-order valence-corrected chi connectivity index (χ4v) is 2.04. The Morgan fingerprint density at radius 1 is 1.06 bits per heavy atom. The number of rotatable bonds is 2. The van der Waals surface area contributed by atoms with E-state index in [4.69, 9.17) is 11.6 Å². The smallest absolute Gasteiger partial charge is 0.0923 e. The third-order valence-corrected chi connectivity index (χ3v) is 3.10. The Kier molecular flexibility index (Phi) is 2.57. The van der Waals surface area contributed by atoms with Gasteiger partial charge in [0.15, 0.2) is 0 Å². The molecular weight excluding hydrogens is 232 g/mol. The number of nitrogens with zero attached hydrogens (tertiary/aromatic N) is 1. The maximum Gasteiger partial charge on any atom is 0.0923 e. The zero-order chi connectivity index (χ0) is 11.7. The van der Waals surface area contributed by atoms with E-state index in [2.05, 4.69) is 28.4 Å². The second-order valence-corrected chi connectivity index (χ2v) is 4.45. The summed E-state index contributed by atoms with van der Waals surface area (Å²) in [5.41, 5.74) is 3.13. The third-order valence-electron chi connectivity index (χ3n) is 2.84. The molecule has 1 aliphatic carbocycles. The Hall–Kier alpha value is -1.80. The standard InChI is InChI=1S/C14H11ClN2/c15-12-7-5-11(6-8-12)14-9-13(16-17-14)10-3-1-2-4-10/h1-10H,(H,16,17). The molecule has 0 unspecified atom stereocenters. The second-order valence-electron chi connectivity index (χ2n) is 4.01. The molecule has 2 aromatic rings. The van der Waals surface area contributed by atoms with Crippen molar-refractivity contribution in [1.82, 2.24) is 10.2 Å². The van der Waals surface area contributed by atoms with Gasteiger partial charge >= 0.3 is 0 Å². The molecule has 0 saturated heterocycles. The first-order chi connectivity index (χ1) is 8.33. The zero-order valence-electron chi connectivity index (χ0n) is 9.10. The molecule has 1 heterocycles. The average molecular weight is 243 g/mol. The first-order valence-corrected chi connectivity index (χ1v) is 5.87. The summed E-state index contributed by atoms with van der Waals surface area (Å²) in [6.07, 6.45) is 8.37. The molecule has 0 amide bonds. The monoisotopic (exact) mass is 242 g/mol.